The molecule has 2 fully saturated rings. The minimum Gasteiger partial charge on any atom is -0.341 e. The van der Waals surface area contributed by atoms with E-state index in [1.165, 1.54) is 11.1 Å². The number of nitrogens with zero attached hydrogens (tertiary/aromatic N) is 1. The summed E-state index contributed by atoms with van der Waals surface area (Å²) in [4.78, 5) is 14.6. The van der Waals surface area contributed by atoms with E-state index >= 15 is 0 Å². The number of rotatable bonds is 3. The maximum atomic E-state index is 12.6. The van der Waals surface area contributed by atoms with Gasteiger partial charge in [0.05, 0.1) is 5.54 Å². The SMILES string of the molecule is Cc1ccc(/C=C/C2CCN(C(=O)C3(N)CCCC3)CC2)cc1. The zero-order chi connectivity index (χ0) is 16.3. The number of allylic oxidation sites excluding steroid dienone is 1. The molecule has 1 aromatic rings. The molecule has 23 heavy (non-hydrogen) atoms. The number of hydrogen-bond acceptors (Lipinski definition) is 2. The minimum atomic E-state index is -0.565. The molecule has 3 rings (SSSR count). The summed E-state index contributed by atoms with van der Waals surface area (Å²) in [7, 11) is 0. The number of likely N-dealkylation sites (tertiary alicyclic amines) is 1. The third-order valence-corrected chi connectivity index (χ3v) is 5.39. The van der Waals surface area contributed by atoms with Crippen molar-refractivity contribution in [1.82, 2.24) is 4.90 Å². The summed E-state index contributed by atoms with van der Waals surface area (Å²) >= 11 is 0. The van der Waals surface area contributed by atoms with E-state index in [-0.39, 0.29) is 5.91 Å². The van der Waals surface area contributed by atoms with Crippen LogP contribution in [0.3, 0.4) is 0 Å². The fraction of sp³-hybridized carbons (Fsp3) is 0.550. The van der Waals surface area contributed by atoms with E-state index < -0.39 is 5.54 Å². The quantitative estimate of drug-likeness (QED) is 0.928. The molecule has 0 bridgehead atoms. The van der Waals surface area contributed by atoms with Crippen LogP contribution in [0, 0.1) is 12.8 Å². The number of piperidine rings is 1. The third-order valence-electron chi connectivity index (χ3n) is 5.39. The average molecular weight is 312 g/mol. The van der Waals surface area contributed by atoms with Gasteiger partial charge in [0.2, 0.25) is 5.91 Å². The summed E-state index contributed by atoms with van der Waals surface area (Å²) in [5, 5.41) is 0. The predicted molar refractivity (Wildman–Crippen MR) is 94.9 cm³/mol. The van der Waals surface area contributed by atoms with Crippen LogP contribution in [-0.4, -0.2) is 29.4 Å². The van der Waals surface area contributed by atoms with Crippen LogP contribution in [0.15, 0.2) is 30.3 Å². The van der Waals surface area contributed by atoms with Crippen molar-refractivity contribution in [2.24, 2.45) is 11.7 Å². The Labute approximate surface area is 139 Å². The highest BCUT2D eigenvalue weighted by Crippen LogP contribution is 2.30. The molecule has 0 aromatic heterocycles. The van der Waals surface area contributed by atoms with Crippen molar-refractivity contribution in [3.63, 3.8) is 0 Å². The van der Waals surface area contributed by atoms with E-state index in [9.17, 15) is 4.79 Å². The zero-order valence-corrected chi connectivity index (χ0v) is 14.1. The molecule has 3 heteroatoms. The fourth-order valence-corrected chi connectivity index (χ4v) is 3.75. The Morgan fingerprint density at radius 2 is 1.78 bits per heavy atom. The summed E-state index contributed by atoms with van der Waals surface area (Å²) in [6.07, 6.45) is 10.5. The van der Waals surface area contributed by atoms with Gasteiger partial charge in [-0.2, -0.15) is 0 Å². The molecule has 2 aliphatic rings. The average Bonchev–Trinajstić information content (AvgIpc) is 3.02. The summed E-state index contributed by atoms with van der Waals surface area (Å²) in [6, 6.07) is 8.60. The molecule has 3 nitrogen and oxygen atoms in total. The maximum absolute atomic E-state index is 12.6. The summed E-state index contributed by atoms with van der Waals surface area (Å²) in [6.45, 7) is 3.80. The third kappa shape index (κ3) is 3.84. The van der Waals surface area contributed by atoms with E-state index in [0.29, 0.717) is 5.92 Å². The fourth-order valence-electron chi connectivity index (χ4n) is 3.75. The number of amides is 1. The summed E-state index contributed by atoms with van der Waals surface area (Å²) < 4.78 is 0. The highest BCUT2D eigenvalue weighted by molar-refractivity contribution is 5.86. The molecular formula is C20H28N2O. The van der Waals surface area contributed by atoms with Crippen LogP contribution in [0.5, 0.6) is 0 Å². The van der Waals surface area contributed by atoms with Gasteiger partial charge in [-0.1, -0.05) is 54.8 Å². The zero-order valence-electron chi connectivity index (χ0n) is 14.1. The standard InChI is InChI=1S/C20H28N2O/c1-16-4-6-17(7-5-16)8-9-18-10-14-22(15-11-18)19(23)20(21)12-2-3-13-20/h4-9,18H,2-3,10-15,21H2,1H3/b9-8+. The van der Waals surface area contributed by atoms with Crippen molar-refractivity contribution in [3.8, 4) is 0 Å². The summed E-state index contributed by atoms with van der Waals surface area (Å²) in [5.41, 5.74) is 8.28. The molecule has 1 amide bonds. The molecule has 0 atom stereocenters. The Morgan fingerprint density at radius 3 is 2.39 bits per heavy atom. The van der Waals surface area contributed by atoms with Crippen LogP contribution < -0.4 is 5.73 Å². The van der Waals surface area contributed by atoms with Crippen molar-refractivity contribution in [2.75, 3.05) is 13.1 Å². The van der Waals surface area contributed by atoms with Crippen LogP contribution in [0.4, 0.5) is 0 Å². The molecule has 0 unspecified atom stereocenters. The second-order valence-electron chi connectivity index (χ2n) is 7.26. The molecule has 2 N–H and O–H groups in total. The first-order valence-corrected chi connectivity index (χ1v) is 8.90. The predicted octanol–water partition coefficient (Wildman–Crippen LogP) is 3.52. The van der Waals surface area contributed by atoms with Crippen molar-refractivity contribution >= 4 is 12.0 Å². The number of hydrogen-bond donors (Lipinski definition) is 1. The molecule has 1 saturated carbocycles. The van der Waals surface area contributed by atoms with Crippen molar-refractivity contribution in [2.45, 2.75) is 51.0 Å². The van der Waals surface area contributed by atoms with Gasteiger partial charge < -0.3 is 10.6 Å². The van der Waals surface area contributed by atoms with Gasteiger partial charge in [-0.05, 0) is 44.1 Å². The molecule has 0 radical (unpaired) electrons. The highest BCUT2D eigenvalue weighted by atomic mass is 16.2. The monoisotopic (exact) mass is 312 g/mol. The summed E-state index contributed by atoms with van der Waals surface area (Å²) in [5.74, 6) is 0.758. The van der Waals surface area contributed by atoms with E-state index in [2.05, 4.69) is 43.3 Å². The molecule has 1 aromatic carbocycles. The van der Waals surface area contributed by atoms with Gasteiger partial charge in [0.1, 0.15) is 0 Å². The minimum absolute atomic E-state index is 0.191. The second-order valence-corrected chi connectivity index (χ2v) is 7.26. The lowest BCUT2D eigenvalue weighted by Crippen LogP contribution is -2.55. The van der Waals surface area contributed by atoms with Crippen molar-refractivity contribution in [3.05, 3.63) is 41.5 Å². The molecule has 0 spiro atoms. The van der Waals surface area contributed by atoms with Gasteiger partial charge in [-0.15, -0.1) is 0 Å². The van der Waals surface area contributed by atoms with Crippen molar-refractivity contribution < 1.29 is 4.79 Å². The smallest absolute Gasteiger partial charge is 0.242 e. The van der Waals surface area contributed by atoms with Gasteiger partial charge >= 0.3 is 0 Å². The van der Waals surface area contributed by atoms with Crippen molar-refractivity contribution in [1.29, 1.82) is 0 Å². The van der Waals surface area contributed by atoms with Crippen LogP contribution in [0.2, 0.25) is 0 Å². The molecule has 1 aliphatic carbocycles. The molecule has 1 heterocycles. The van der Waals surface area contributed by atoms with E-state index in [0.717, 1.165) is 51.6 Å². The van der Waals surface area contributed by atoms with Crippen LogP contribution in [0.1, 0.15) is 49.7 Å². The van der Waals surface area contributed by atoms with E-state index in [4.69, 9.17) is 5.73 Å². The van der Waals surface area contributed by atoms with Gasteiger partial charge in [0, 0.05) is 13.1 Å². The largest absolute Gasteiger partial charge is 0.341 e. The second kappa shape index (κ2) is 6.88. The van der Waals surface area contributed by atoms with Gasteiger partial charge in [0.15, 0.2) is 0 Å². The number of benzene rings is 1. The van der Waals surface area contributed by atoms with Crippen LogP contribution >= 0.6 is 0 Å². The van der Waals surface area contributed by atoms with Gasteiger partial charge in [0.25, 0.3) is 0 Å². The number of carbonyl (C=O) groups excluding carboxylic acids is 1. The maximum Gasteiger partial charge on any atom is 0.242 e. The van der Waals surface area contributed by atoms with Gasteiger partial charge in [-0.25, -0.2) is 0 Å². The Balaban J connectivity index is 1.52. The Morgan fingerprint density at radius 1 is 1.17 bits per heavy atom. The molecule has 1 saturated heterocycles. The Bertz CT molecular complexity index is 562. The van der Waals surface area contributed by atoms with E-state index in [1.807, 2.05) is 4.90 Å². The first-order chi connectivity index (χ1) is 11.1. The Hall–Kier alpha value is -1.61. The number of aryl methyl sites for hydroxylation is 1. The van der Waals surface area contributed by atoms with Gasteiger partial charge in [-0.3, -0.25) is 4.79 Å². The normalized spacial score (nSPS) is 21.9. The van der Waals surface area contributed by atoms with E-state index in [1.54, 1.807) is 0 Å². The first kappa shape index (κ1) is 16.3. The highest BCUT2D eigenvalue weighted by Gasteiger charge is 2.40. The lowest BCUT2D eigenvalue weighted by Gasteiger charge is -2.36. The number of carbonyl (C=O) groups is 1. The van der Waals surface area contributed by atoms with Crippen LogP contribution in [-0.2, 0) is 4.79 Å². The first-order valence-electron chi connectivity index (χ1n) is 8.90. The molecular weight excluding hydrogens is 284 g/mol. The Kier molecular flexibility index (Phi) is 4.86. The lowest BCUT2D eigenvalue weighted by atomic mass is 9.92. The molecule has 1 aliphatic heterocycles. The van der Waals surface area contributed by atoms with Crippen LogP contribution in [0.25, 0.3) is 6.08 Å². The topological polar surface area (TPSA) is 46.3 Å². The lowest BCUT2D eigenvalue weighted by molar-refractivity contribution is -0.138. The number of nitrogens with two attached hydrogens (primary N) is 1. The molecule has 124 valence electrons.